The summed E-state index contributed by atoms with van der Waals surface area (Å²) in [6, 6.07) is 0. The maximum Gasteiger partial charge on any atom is 0.269 e. The van der Waals surface area contributed by atoms with Crippen LogP contribution >= 0.6 is 0 Å². The third-order valence-electron chi connectivity index (χ3n) is 4.48. The number of unbranched alkanes of at least 4 members (excludes halogenated alkanes) is 8. The molecule has 0 saturated heterocycles. The fraction of sp³-hybridized carbons (Fsp3) is 0.789. The van der Waals surface area contributed by atoms with Gasteiger partial charge in [0, 0.05) is 19.3 Å². The standard InChI is InChI=1S/C19H36N4O2/c1-3-5-7-9-10-12-14-23-17(15-22(20)16-18(23)24)19(25)21-13-11-8-6-4-2/h15H,3-14,16,20H2,1-2H3,(H,21,25). The largest absolute Gasteiger partial charge is 0.351 e. The van der Waals surface area contributed by atoms with Crippen LogP contribution in [0.25, 0.3) is 0 Å². The van der Waals surface area contributed by atoms with E-state index in [0.717, 1.165) is 25.7 Å². The molecule has 1 rings (SSSR count). The minimum Gasteiger partial charge on any atom is -0.351 e. The van der Waals surface area contributed by atoms with Crippen molar-refractivity contribution in [2.75, 3.05) is 19.6 Å². The Morgan fingerprint density at radius 3 is 2.32 bits per heavy atom. The number of carbonyl (C=O) groups excluding carboxylic acids is 2. The third kappa shape index (κ3) is 8.38. The smallest absolute Gasteiger partial charge is 0.269 e. The summed E-state index contributed by atoms with van der Waals surface area (Å²) >= 11 is 0. The summed E-state index contributed by atoms with van der Waals surface area (Å²) in [5.41, 5.74) is 0.378. The topological polar surface area (TPSA) is 78.7 Å². The number of nitrogens with two attached hydrogens (primary N) is 1. The van der Waals surface area contributed by atoms with Gasteiger partial charge < -0.3 is 15.2 Å². The molecule has 1 aliphatic rings. The zero-order valence-corrected chi connectivity index (χ0v) is 16.1. The molecular weight excluding hydrogens is 316 g/mol. The Hall–Kier alpha value is -1.56. The van der Waals surface area contributed by atoms with Crippen LogP contribution in [0.2, 0.25) is 0 Å². The number of hydrogen-bond donors (Lipinski definition) is 2. The second-order valence-electron chi connectivity index (χ2n) is 6.82. The van der Waals surface area contributed by atoms with E-state index in [4.69, 9.17) is 5.84 Å². The Balaban J connectivity index is 2.47. The summed E-state index contributed by atoms with van der Waals surface area (Å²) < 4.78 is 0. The van der Waals surface area contributed by atoms with Gasteiger partial charge in [-0.15, -0.1) is 0 Å². The molecule has 2 amide bonds. The molecular formula is C19H36N4O2. The monoisotopic (exact) mass is 352 g/mol. The van der Waals surface area contributed by atoms with E-state index in [1.807, 2.05) is 0 Å². The minimum absolute atomic E-state index is 0.102. The van der Waals surface area contributed by atoms with Crippen LogP contribution in [0.3, 0.4) is 0 Å². The van der Waals surface area contributed by atoms with Gasteiger partial charge in [-0.05, 0) is 12.8 Å². The van der Waals surface area contributed by atoms with Crippen LogP contribution in [-0.4, -0.2) is 41.4 Å². The Bertz CT molecular complexity index is 437. The summed E-state index contributed by atoms with van der Waals surface area (Å²) in [6.07, 6.45) is 12.9. The Morgan fingerprint density at radius 1 is 1.04 bits per heavy atom. The molecule has 0 spiro atoms. The van der Waals surface area contributed by atoms with Crippen molar-refractivity contribution in [3.05, 3.63) is 11.9 Å². The highest BCUT2D eigenvalue weighted by Crippen LogP contribution is 2.15. The lowest BCUT2D eigenvalue weighted by Gasteiger charge is -2.31. The summed E-state index contributed by atoms with van der Waals surface area (Å²) in [7, 11) is 0. The molecule has 144 valence electrons. The average molecular weight is 353 g/mol. The highest BCUT2D eigenvalue weighted by molar-refractivity contribution is 5.98. The van der Waals surface area contributed by atoms with E-state index in [-0.39, 0.29) is 18.4 Å². The van der Waals surface area contributed by atoms with Gasteiger partial charge in [0.15, 0.2) is 0 Å². The molecule has 0 aliphatic carbocycles. The quantitative estimate of drug-likeness (QED) is 0.395. The van der Waals surface area contributed by atoms with E-state index in [0.29, 0.717) is 18.8 Å². The van der Waals surface area contributed by atoms with Crippen LogP contribution in [0.5, 0.6) is 0 Å². The van der Waals surface area contributed by atoms with Crippen LogP contribution in [0, 0.1) is 0 Å². The van der Waals surface area contributed by atoms with E-state index in [1.54, 1.807) is 11.1 Å². The van der Waals surface area contributed by atoms with Crippen molar-refractivity contribution >= 4 is 11.8 Å². The molecule has 0 aromatic carbocycles. The van der Waals surface area contributed by atoms with Gasteiger partial charge in [-0.2, -0.15) is 0 Å². The van der Waals surface area contributed by atoms with Gasteiger partial charge in [-0.3, -0.25) is 9.59 Å². The number of hydrazine groups is 1. The lowest BCUT2D eigenvalue weighted by Crippen LogP contribution is -2.49. The molecule has 0 radical (unpaired) electrons. The van der Waals surface area contributed by atoms with Crippen molar-refractivity contribution in [3.63, 3.8) is 0 Å². The fourth-order valence-electron chi connectivity index (χ4n) is 2.97. The second kappa shape index (κ2) is 12.8. The third-order valence-corrected chi connectivity index (χ3v) is 4.48. The molecule has 0 aromatic rings. The molecule has 25 heavy (non-hydrogen) atoms. The van der Waals surface area contributed by atoms with Crippen molar-refractivity contribution in [1.29, 1.82) is 0 Å². The van der Waals surface area contributed by atoms with Crippen molar-refractivity contribution in [3.8, 4) is 0 Å². The van der Waals surface area contributed by atoms with Gasteiger partial charge in [0.05, 0.1) is 0 Å². The van der Waals surface area contributed by atoms with Crippen LogP contribution < -0.4 is 11.2 Å². The van der Waals surface area contributed by atoms with Gasteiger partial charge in [-0.25, -0.2) is 5.84 Å². The van der Waals surface area contributed by atoms with Crippen molar-refractivity contribution in [2.24, 2.45) is 5.84 Å². The Kier molecular flexibility index (Phi) is 11.0. The SMILES string of the molecule is CCCCCCCCN1C(=O)CN(N)C=C1C(=O)NCCCCCC. The number of hydrogen-bond acceptors (Lipinski definition) is 4. The zero-order valence-electron chi connectivity index (χ0n) is 16.1. The normalized spacial score (nSPS) is 14.7. The van der Waals surface area contributed by atoms with Crippen LogP contribution in [0.15, 0.2) is 11.9 Å². The average Bonchev–Trinajstić information content (AvgIpc) is 2.58. The first-order valence-corrected chi connectivity index (χ1v) is 9.91. The summed E-state index contributed by atoms with van der Waals surface area (Å²) in [5.74, 6) is 5.44. The van der Waals surface area contributed by atoms with E-state index in [1.165, 1.54) is 43.5 Å². The predicted octanol–water partition coefficient (Wildman–Crippen LogP) is 2.90. The molecule has 0 unspecified atom stereocenters. The van der Waals surface area contributed by atoms with Crippen LogP contribution in [0.1, 0.15) is 78.1 Å². The van der Waals surface area contributed by atoms with Crippen molar-refractivity contribution in [2.45, 2.75) is 78.1 Å². The van der Waals surface area contributed by atoms with Crippen LogP contribution in [-0.2, 0) is 9.59 Å². The van der Waals surface area contributed by atoms with Gasteiger partial charge in [-0.1, -0.05) is 65.2 Å². The van der Waals surface area contributed by atoms with Gasteiger partial charge >= 0.3 is 0 Å². The molecule has 6 nitrogen and oxygen atoms in total. The minimum atomic E-state index is -0.203. The number of rotatable bonds is 13. The number of carbonyl (C=O) groups is 2. The summed E-state index contributed by atoms with van der Waals surface area (Å²) in [5, 5.41) is 4.22. The molecule has 1 heterocycles. The van der Waals surface area contributed by atoms with Gasteiger partial charge in [0.1, 0.15) is 12.2 Å². The second-order valence-corrected chi connectivity index (χ2v) is 6.82. The maximum absolute atomic E-state index is 12.5. The molecule has 0 fully saturated rings. The highest BCUT2D eigenvalue weighted by atomic mass is 16.2. The van der Waals surface area contributed by atoms with Crippen LogP contribution in [0.4, 0.5) is 0 Å². The zero-order chi connectivity index (χ0) is 18.5. The van der Waals surface area contributed by atoms with E-state index in [2.05, 4.69) is 19.2 Å². The summed E-state index contributed by atoms with van der Waals surface area (Å²) in [6.45, 7) is 5.71. The number of nitrogens with zero attached hydrogens (tertiary/aromatic N) is 2. The summed E-state index contributed by atoms with van der Waals surface area (Å²) in [4.78, 5) is 26.3. The van der Waals surface area contributed by atoms with Gasteiger partial charge in [0.2, 0.25) is 5.91 Å². The number of amides is 2. The first-order valence-electron chi connectivity index (χ1n) is 9.91. The molecule has 3 N–H and O–H groups in total. The molecule has 1 aliphatic heterocycles. The highest BCUT2D eigenvalue weighted by Gasteiger charge is 2.28. The van der Waals surface area contributed by atoms with E-state index < -0.39 is 0 Å². The predicted molar refractivity (Wildman–Crippen MR) is 101 cm³/mol. The Morgan fingerprint density at radius 2 is 1.64 bits per heavy atom. The van der Waals surface area contributed by atoms with Crippen molar-refractivity contribution < 1.29 is 9.59 Å². The van der Waals surface area contributed by atoms with E-state index in [9.17, 15) is 9.59 Å². The first-order chi connectivity index (χ1) is 12.1. The molecule has 6 heteroatoms. The maximum atomic E-state index is 12.5. The molecule has 0 saturated carbocycles. The fourth-order valence-corrected chi connectivity index (χ4v) is 2.97. The van der Waals surface area contributed by atoms with Gasteiger partial charge in [0.25, 0.3) is 5.91 Å². The first kappa shape index (κ1) is 21.5. The molecule has 0 bridgehead atoms. The van der Waals surface area contributed by atoms with Crippen molar-refractivity contribution in [1.82, 2.24) is 15.2 Å². The number of nitrogens with one attached hydrogen (secondary N) is 1. The molecule has 0 aromatic heterocycles. The lowest BCUT2D eigenvalue weighted by molar-refractivity contribution is -0.134. The lowest BCUT2D eigenvalue weighted by atomic mass is 10.1. The van der Waals surface area contributed by atoms with E-state index >= 15 is 0 Å². The molecule has 0 atom stereocenters. The Labute approximate surface area is 152 Å².